The molecule has 3 unspecified atom stereocenters. The van der Waals surface area contributed by atoms with Gasteiger partial charge >= 0.3 is 5.97 Å². The Balaban J connectivity index is 2.98. The molecule has 1 aromatic rings. The van der Waals surface area contributed by atoms with Crippen LogP contribution in [0.15, 0.2) is 17.5 Å². The second-order valence-corrected chi connectivity index (χ2v) is 7.80. The molecule has 0 aliphatic rings. The molecule has 1 heterocycles. The van der Waals surface area contributed by atoms with Crippen LogP contribution in [0.2, 0.25) is 0 Å². The number of nitrogens with zero attached hydrogens (tertiary/aromatic N) is 2. The van der Waals surface area contributed by atoms with E-state index in [-0.39, 0.29) is 38.3 Å². The number of carboxylic acid groups (broad SMARTS) is 1. The minimum Gasteiger partial charge on any atom is -0.480 e. The molecule has 0 saturated heterocycles. The third kappa shape index (κ3) is 11.8. The molecule has 1 rings (SSSR count). The number of carbonyl (C=O) groups is 4. The van der Waals surface area contributed by atoms with Crippen molar-refractivity contribution in [2.24, 2.45) is 27.9 Å². The predicted octanol–water partition coefficient (Wildman–Crippen LogP) is -3.37. The molecular formula is C20H36N10O5. The Morgan fingerprint density at radius 1 is 0.971 bits per heavy atom. The molecule has 0 fully saturated rings. The zero-order valence-corrected chi connectivity index (χ0v) is 19.5. The first-order valence-electron chi connectivity index (χ1n) is 11.2. The Morgan fingerprint density at radius 3 is 2.20 bits per heavy atom. The first-order chi connectivity index (χ1) is 16.7. The molecule has 0 radical (unpaired) electrons. The van der Waals surface area contributed by atoms with Gasteiger partial charge in [-0.05, 0) is 38.6 Å². The van der Waals surface area contributed by atoms with Crippen LogP contribution in [0.4, 0.5) is 0 Å². The van der Waals surface area contributed by atoms with Gasteiger partial charge in [0.1, 0.15) is 18.1 Å². The van der Waals surface area contributed by atoms with Gasteiger partial charge in [-0.2, -0.15) is 0 Å². The van der Waals surface area contributed by atoms with E-state index >= 15 is 0 Å². The van der Waals surface area contributed by atoms with Gasteiger partial charge in [0.25, 0.3) is 0 Å². The Labute approximate surface area is 202 Å². The summed E-state index contributed by atoms with van der Waals surface area (Å²) >= 11 is 0. The standard InChI is InChI=1S/C20H36N10O5/c21-6-2-1-4-14(19(34)35)30-17(32)13(5-3-7-26-20(23)24)29-18(33)15(28-16(31)9-22)8-12-10-25-11-27-12/h10-11,13-15H,1-9,21-22H2,(H,25,27)(H,28,31)(H,29,33)(H,30,32)(H,34,35)(H4,23,24,26). The average Bonchev–Trinajstić information content (AvgIpc) is 3.32. The van der Waals surface area contributed by atoms with Crippen LogP contribution < -0.4 is 38.9 Å². The highest BCUT2D eigenvalue weighted by atomic mass is 16.4. The number of carbonyl (C=O) groups excluding carboxylic acids is 3. The molecule has 13 N–H and O–H groups in total. The quantitative estimate of drug-likeness (QED) is 0.0586. The molecule has 3 atom stereocenters. The first kappa shape index (κ1) is 29.3. The molecule has 0 bridgehead atoms. The van der Waals surface area contributed by atoms with Crippen molar-refractivity contribution in [1.29, 1.82) is 0 Å². The number of aliphatic imine (C=N–C) groups is 1. The van der Waals surface area contributed by atoms with Gasteiger partial charge in [-0.25, -0.2) is 9.78 Å². The van der Waals surface area contributed by atoms with Crippen molar-refractivity contribution in [3.63, 3.8) is 0 Å². The van der Waals surface area contributed by atoms with Crippen molar-refractivity contribution >= 4 is 29.7 Å². The maximum Gasteiger partial charge on any atom is 0.326 e. The highest BCUT2D eigenvalue weighted by molar-refractivity contribution is 5.93. The maximum atomic E-state index is 13.0. The summed E-state index contributed by atoms with van der Waals surface area (Å²) in [5, 5.41) is 17.0. The van der Waals surface area contributed by atoms with E-state index in [0.717, 1.165) is 0 Å². The van der Waals surface area contributed by atoms with Crippen LogP contribution in [-0.4, -0.2) is 82.5 Å². The van der Waals surface area contributed by atoms with Crippen LogP contribution in [0, 0.1) is 0 Å². The van der Waals surface area contributed by atoms with E-state index in [1.54, 1.807) is 0 Å². The normalized spacial score (nSPS) is 13.2. The fourth-order valence-corrected chi connectivity index (χ4v) is 3.15. The predicted molar refractivity (Wildman–Crippen MR) is 128 cm³/mol. The van der Waals surface area contributed by atoms with E-state index in [0.29, 0.717) is 31.5 Å². The molecular weight excluding hydrogens is 460 g/mol. The van der Waals surface area contributed by atoms with E-state index in [1.165, 1.54) is 12.5 Å². The molecule has 1 aromatic heterocycles. The molecule has 0 aliphatic carbocycles. The summed E-state index contributed by atoms with van der Waals surface area (Å²) < 4.78 is 0. The lowest BCUT2D eigenvalue weighted by atomic mass is 10.1. The third-order valence-electron chi connectivity index (χ3n) is 4.96. The van der Waals surface area contributed by atoms with Crippen molar-refractivity contribution in [2.75, 3.05) is 19.6 Å². The van der Waals surface area contributed by atoms with Crippen LogP contribution in [0.25, 0.3) is 0 Å². The van der Waals surface area contributed by atoms with Crippen LogP contribution in [0.3, 0.4) is 0 Å². The molecule has 0 spiro atoms. The van der Waals surface area contributed by atoms with Crippen molar-refractivity contribution in [2.45, 2.75) is 56.7 Å². The molecule has 0 aliphatic heterocycles. The zero-order valence-electron chi connectivity index (χ0n) is 19.5. The summed E-state index contributed by atoms with van der Waals surface area (Å²) in [4.78, 5) is 60.0. The molecule has 0 aromatic carbocycles. The van der Waals surface area contributed by atoms with Crippen LogP contribution >= 0.6 is 0 Å². The Hall–Kier alpha value is -3.72. The number of rotatable bonds is 17. The Kier molecular flexibility index (Phi) is 13.4. The fourth-order valence-electron chi connectivity index (χ4n) is 3.15. The molecule has 15 nitrogen and oxygen atoms in total. The minimum absolute atomic E-state index is 0.0662. The topological polar surface area (TPSA) is 270 Å². The second-order valence-electron chi connectivity index (χ2n) is 7.80. The lowest BCUT2D eigenvalue weighted by Gasteiger charge is -2.24. The summed E-state index contributed by atoms with van der Waals surface area (Å²) in [5.74, 6) is -3.23. The van der Waals surface area contributed by atoms with Gasteiger partial charge in [0.05, 0.1) is 12.9 Å². The summed E-state index contributed by atoms with van der Waals surface area (Å²) in [6.07, 6.45) is 4.71. The summed E-state index contributed by atoms with van der Waals surface area (Å²) in [7, 11) is 0. The van der Waals surface area contributed by atoms with E-state index in [4.69, 9.17) is 22.9 Å². The second kappa shape index (κ2) is 16.0. The highest BCUT2D eigenvalue weighted by Gasteiger charge is 2.29. The number of hydrogen-bond donors (Lipinski definition) is 9. The number of nitrogens with one attached hydrogen (secondary N) is 4. The van der Waals surface area contributed by atoms with Gasteiger partial charge in [0, 0.05) is 24.9 Å². The number of H-pyrrole nitrogens is 1. The lowest BCUT2D eigenvalue weighted by molar-refractivity contribution is -0.142. The van der Waals surface area contributed by atoms with Crippen molar-refractivity contribution in [3.8, 4) is 0 Å². The van der Waals surface area contributed by atoms with Crippen LogP contribution in [0.5, 0.6) is 0 Å². The molecule has 0 saturated carbocycles. The number of carboxylic acids is 1. The molecule has 15 heteroatoms. The Morgan fingerprint density at radius 2 is 1.63 bits per heavy atom. The smallest absolute Gasteiger partial charge is 0.326 e. The van der Waals surface area contributed by atoms with E-state index in [9.17, 15) is 24.3 Å². The van der Waals surface area contributed by atoms with Gasteiger partial charge in [-0.15, -0.1) is 0 Å². The number of hydrogen-bond acceptors (Lipinski definition) is 8. The lowest BCUT2D eigenvalue weighted by Crippen LogP contribution is -2.56. The van der Waals surface area contributed by atoms with Crippen molar-refractivity contribution in [3.05, 3.63) is 18.2 Å². The average molecular weight is 497 g/mol. The van der Waals surface area contributed by atoms with Gasteiger partial charge in [0.15, 0.2) is 5.96 Å². The van der Waals surface area contributed by atoms with Gasteiger partial charge < -0.3 is 49.0 Å². The SMILES string of the molecule is NCCCCC(NC(=O)C(CCCN=C(N)N)NC(=O)C(Cc1cnc[nH]1)NC(=O)CN)C(=O)O. The van der Waals surface area contributed by atoms with Gasteiger partial charge in [-0.3, -0.25) is 19.4 Å². The fraction of sp³-hybridized carbons (Fsp3) is 0.600. The van der Waals surface area contributed by atoms with E-state index < -0.39 is 41.8 Å². The third-order valence-corrected chi connectivity index (χ3v) is 4.96. The molecule has 196 valence electrons. The Bertz CT molecular complexity index is 841. The number of imidazole rings is 1. The summed E-state index contributed by atoms with van der Waals surface area (Å²) in [5.41, 5.74) is 22.0. The van der Waals surface area contributed by atoms with E-state index in [1.807, 2.05) is 0 Å². The maximum absolute atomic E-state index is 13.0. The number of aromatic amines is 1. The molecule has 3 amide bonds. The molecule has 35 heavy (non-hydrogen) atoms. The van der Waals surface area contributed by atoms with Crippen LogP contribution in [-0.2, 0) is 25.6 Å². The monoisotopic (exact) mass is 496 g/mol. The number of nitrogens with two attached hydrogens (primary N) is 4. The van der Waals surface area contributed by atoms with E-state index in [2.05, 4.69) is 30.9 Å². The number of guanidine groups is 1. The zero-order chi connectivity index (χ0) is 26.2. The number of aliphatic carboxylic acids is 1. The van der Waals surface area contributed by atoms with Crippen molar-refractivity contribution in [1.82, 2.24) is 25.9 Å². The summed E-state index contributed by atoms with van der Waals surface area (Å²) in [6, 6.07) is -3.31. The number of unbranched alkanes of at least 4 members (excludes halogenated alkanes) is 1. The van der Waals surface area contributed by atoms with Crippen molar-refractivity contribution < 1.29 is 24.3 Å². The summed E-state index contributed by atoms with van der Waals surface area (Å²) in [6.45, 7) is 0.261. The highest BCUT2D eigenvalue weighted by Crippen LogP contribution is 2.06. The number of aromatic nitrogens is 2. The van der Waals surface area contributed by atoms with Crippen LogP contribution in [0.1, 0.15) is 37.8 Å². The number of amides is 3. The van der Waals surface area contributed by atoms with Gasteiger partial charge in [0.2, 0.25) is 17.7 Å². The first-order valence-corrected chi connectivity index (χ1v) is 11.2. The minimum atomic E-state index is -1.20. The van der Waals surface area contributed by atoms with Gasteiger partial charge in [-0.1, -0.05) is 0 Å². The largest absolute Gasteiger partial charge is 0.480 e.